The lowest BCUT2D eigenvalue weighted by molar-refractivity contribution is -0.274. The molecule has 0 saturated heterocycles. The van der Waals surface area contributed by atoms with E-state index < -0.39 is 6.36 Å². The van der Waals surface area contributed by atoms with Crippen LogP contribution in [0.4, 0.5) is 24.5 Å². The summed E-state index contributed by atoms with van der Waals surface area (Å²) in [5.74, 6) is -0.299. The van der Waals surface area contributed by atoms with E-state index in [1.54, 1.807) is 25.4 Å². The monoisotopic (exact) mass is 573 g/mol. The fourth-order valence-corrected chi connectivity index (χ4v) is 5.51. The maximum atomic E-state index is 13.1. The van der Waals surface area contributed by atoms with Gasteiger partial charge in [-0.05, 0) is 81.1 Å². The van der Waals surface area contributed by atoms with Crippen molar-refractivity contribution in [3.05, 3.63) is 90.0 Å². The first-order valence-corrected chi connectivity index (χ1v) is 13.8. The first-order chi connectivity index (χ1) is 20.3. The molecular formula is C32H30F3N5O2. The first kappa shape index (κ1) is 27.7. The van der Waals surface area contributed by atoms with Crippen molar-refractivity contribution in [1.29, 1.82) is 0 Å². The minimum Gasteiger partial charge on any atom is -0.406 e. The topological polar surface area (TPSA) is 73.6 Å². The smallest absolute Gasteiger partial charge is 0.406 e. The number of alkyl halides is 3. The highest BCUT2D eigenvalue weighted by Crippen LogP contribution is 2.33. The van der Waals surface area contributed by atoms with Crippen LogP contribution in [0.2, 0.25) is 0 Å². The molecule has 1 fully saturated rings. The van der Waals surface area contributed by atoms with Crippen LogP contribution in [-0.4, -0.2) is 40.2 Å². The summed E-state index contributed by atoms with van der Waals surface area (Å²) >= 11 is 0. The van der Waals surface area contributed by atoms with E-state index in [0.29, 0.717) is 22.6 Å². The summed E-state index contributed by atoms with van der Waals surface area (Å²) in [4.78, 5) is 14.5. The third-order valence-electron chi connectivity index (χ3n) is 7.58. The lowest BCUT2D eigenvalue weighted by atomic mass is 9.93. The molecular weight excluding hydrogens is 543 g/mol. The Hall–Kier alpha value is -4.44. The summed E-state index contributed by atoms with van der Waals surface area (Å²) in [6.07, 6.45) is 0.844. The zero-order chi connectivity index (χ0) is 29.3. The van der Waals surface area contributed by atoms with Gasteiger partial charge in [0, 0.05) is 25.1 Å². The number of hydrogen-bond acceptors (Lipinski definition) is 6. The minimum absolute atomic E-state index is 0.106. The SMILES string of the molecule is COC1CCC(N=c2cc3n(-c4cccc(OC(F)(F)F)c4)c4ccccc4nc-3cc2Nc2cccnc2C)CC1. The fraction of sp³-hybridized carbons (Fsp3) is 0.281. The molecule has 10 heteroatoms. The number of nitrogens with zero attached hydrogens (tertiary/aromatic N) is 4. The van der Waals surface area contributed by atoms with Gasteiger partial charge in [-0.2, -0.15) is 0 Å². The van der Waals surface area contributed by atoms with Crippen molar-refractivity contribution in [3.63, 3.8) is 0 Å². The van der Waals surface area contributed by atoms with Crippen LogP contribution >= 0.6 is 0 Å². The largest absolute Gasteiger partial charge is 0.573 e. The van der Waals surface area contributed by atoms with Crippen LogP contribution in [0.5, 0.6) is 5.75 Å². The van der Waals surface area contributed by atoms with Crippen LogP contribution in [0.3, 0.4) is 0 Å². The number of methoxy groups -OCH3 is 1. The van der Waals surface area contributed by atoms with Crippen LogP contribution in [0.15, 0.2) is 84.0 Å². The predicted molar refractivity (Wildman–Crippen MR) is 155 cm³/mol. The van der Waals surface area contributed by atoms with Crippen LogP contribution in [0, 0.1) is 6.92 Å². The molecule has 7 nitrogen and oxygen atoms in total. The lowest BCUT2D eigenvalue weighted by Gasteiger charge is -2.25. The van der Waals surface area contributed by atoms with Crippen LogP contribution in [0.1, 0.15) is 31.4 Å². The molecule has 1 saturated carbocycles. The number of anilines is 2. The maximum absolute atomic E-state index is 13.1. The summed E-state index contributed by atoms with van der Waals surface area (Å²) in [7, 11) is 1.74. The summed E-state index contributed by atoms with van der Waals surface area (Å²) in [5.41, 5.74) is 5.77. The highest BCUT2D eigenvalue weighted by molar-refractivity contribution is 5.84. The van der Waals surface area contributed by atoms with E-state index >= 15 is 0 Å². The van der Waals surface area contributed by atoms with E-state index in [4.69, 9.17) is 14.7 Å². The summed E-state index contributed by atoms with van der Waals surface area (Å²) < 4.78 is 51.0. The van der Waals surface area contributed by atoms with E-state index in [1.807, 2.05) is 60.0 Å². The van der Waals surface area contributed by atoms with E-state index in [-0.39, 0.29) is 17.9 Å². The number of halogens is 3. The summed E-state index contributed by atoms with van der Waals surface area (Å²) in [5, 5.41) is 4.25. The van der Waals surface area contributed by atoms with Crippen molar-refractivity contribution in [2.75, 3.05) is 12.4 Å². The Bertz CT molecular complexity index is 1760. The van der Waals surface area contributed by atoms with Gasteiger partial charge in [0.2, 0.25) is 0 Å². The molecule has 6 rings (SSSR count). The molecule has 1 aliphatic heterocycles. The number of hydrogen-bond donors (Lipinski definition) is 1. The van der Waals surface area contributed by atoms with Crippen molar-refractivity contribution in [2.24, 2.45) is 4.99 Å². The van der Waals surface area contributed by atoms with Gasteiger partial charge >= 0.3 is 6.36 Å². The quantitative estimate of drug-likeness (QED) is 0.215. The number of para-hydroxylation sites is 2. The van der Waals surface area contributed by atoms with Gasteiger partial charge in [-0.3, -0.25) is 9.98 Å². The Labute approximate surface area is 241 Å². The molecule has 3 aliphatic rings. The number of aromatic nitrogens is 3. The predicted octanol–water partition coefficient (Wildman–Crippen LogP) is 7.33. The number of fused-ring (bicyclic) bond motifs is 2. The average molecular weight is 574 g/mol. The standard InChI is InChI=1S/C32H30F3N5O2/c1-20-25(10-6-16-36-20)38-27-18-29-31(19-28(27)37-21-12-14-23(41-2)15-13-21)40(30-11-4-3-9-26(30)39-29)22-7-5-8-24(17-22)42-32(33,34)35/h3-11,16-19,21,23,38H,12-15H2,1-2H3. The van der Waals surface area contributed by atoms with Crippen molar-refractivity contribution in [2.45, 2.75) is 51.1 Å². The Balaban J connectivity index is 1.57. The average Bonchev–Trinajstić information content (AvgIpc) is 2.97. The molecule has 0 atom stereocenters. The molecule has 2 aliphatic carbocycles. The minimum atomic E-state index is -4.80. The Morgan fingerprint density at radius 1 is 0.929 bits per heavy atom. The van der Waals surface area contributed by atoms with Gasteiger partial charge in [0.15, 0.2) is 0 Å². The molecule has 0 unspecified atom stereocenters. The zero-order valence-corrected chi connectivity index (χ0v) is 23.2. The number of ether oxygens (including phenoxy) is 2. The molecule has 216 valence electrons. The normalized spacial score (nSPS) is 18.0. The number of rotatable bonds is 6. The molecule has 3 aromatic rings. The third kappa shape index (κ3) is 5.94. The third-order valence-corrected chi connectivity index (χ3v) is 7.58. The first-order valence-electron chi connectivity index (χ1n) is 13.8. The van der Waals surface area contributed by atoms with Crippen molar-refractivity contribution in [3.8, 4) is 22.8 Å². The number of pyridine rings is 1. The fourth-order valence-electron chi connectivity index (χ4n) is 5.51. The van der Waals surface area contributed by atoms with Gasteiger partial charge in [-0.1, -0.05) is 18.2 Å². The second-order valence-electron chi connectivity index (χ2n) is 10.4. The van der Waals surface area contributed by atoms with Gasteiger partial charge < -0.3 is 19.4 Å². The van der Waals surface area contributed by atoms with Gasteiger partial charge in [0.25, 0.3) is 0 Å². The molecule has 0 radical (unpaired) electrons. The molecule has 0 spiro atoms. The van der Waals surface area contributed by atoms with Crippen LogP contribution in [-0.2, 0) is 4.74 Å². The van der Waals surface area contributed by atoms with Crippen LogP contribution in [0.25, 0.3) is 28.1 Å². The lowest BCUT2D eigenvalue weighted by Crippen LogP contribution is -2.25. The van der Waals surface area contributed by atoms with Gasteiger partial charge in [-0.15, -0.1) is 13.2 Å². The second kappa shape index (κ2) is 11.4. The Morgan fingerprint density at radius 2 is 1.74 bits per heavy atom. The molecule has 42 heavy (non-hydrogen) atoms. The van der Waals surface area contributed by atoms with E-state index in [1.165, 1.54) is 12.1 Å². The highest BCUT2D eigenvalue weighted by Gasteiger charge is 2.31. The zero-order valence-electron chi connectivity index (χ0n) is 23.2. The number of nitrogens with one attached hydrogen (secondary N) is 1. The highest BCUT2D eigenvalue weighted by atomic mass is 19.4. The van der Waals surface area contributed by atoms with E-state index in [0.717, 1.165) is 53.6 Å². The van der Waals surface area contributed by atoms with Gasteiger partial charge in [0.1, 0.15) is 5.75 Å². The molecule has 0 bridgehead atoms. The van der Waals surface area contributed by atoms with Crippen molar-refractivity contribution < 1.29 is 22.6 Å². The molecule has 0 amide bonds. The molecule has 2 aromatic carbocycles. The van der Waals surface area contributed by atoms with Gasteiger partial charge in [0.05, 0.1) is 57.0 Å². The number of benzene rings is 3. The maximum Gasteiger partial charge on any atom is 0.573 e. The van der Waals surface area contributed by atoms with E-state index in [9.17, 15) is 13.2 Å². The summed E-state index contributed by atoms with van der Waals surface area (Å²) in [6, 6.07) is 21.3. The van der Waals surface area contributed by atoms with Gasteiger partial charge in [-0.25, -0.2) is 4.98 Å². The molecule has 1 aromatic heterocycles. The molecule has 1 N–H and O–H groups in total. The Kier molecular flexibility index (Phi) is 7.55. The summed E-state index contributed by atoms with van der Waals surface area (Å²) in [6.45, 7) is 1.93. The van der Waals surface area contributed by atoms with Crippen molar-refractivity contribution in [1.82, 2.24) is 14.5 Å². The second-order valence-corrected chi connectivity index (χ2v) is 10.4. The molecule has 2 heterocycles. The van der Waals surface area contributed by atoms with Crippen LogP contribution < -0.4 is 15.4 Å². The van der Waals surface area contributed by atoms with E-state index in [2.05, 4.69) is 15.0 Å². The Morgan fingerprint density at radius 3 is 2.50 bits per heavy atom. The van der Waals surface area contributed by atoms with Crippen molar-refractivity contribution >= 4 is 22.4 Å². The number of aryl methyl sites for hydroxylation is 1.